The van der Waals surface area contributed by atoms with Crippen LogP contribution in [0, 0.1) is 0 Å². The maximum atomic E-state index is 12.8. The molecule has 2 aromatic heterocycles. The molecule has 0 radical (unpaired) electrons. The van der Waals surface area contributed by atoms with Gasteiger partial charge in [0.15, 0.2) is 0 Å². The number of rotatable bonds is 3. The van der Waals surface area contributed by atoms with Gasteiger partial charge in [-0.2, -0.15) is 0 Å². The molecule has 0 aliphatic rings. The van der Waals surface area contributed by atoms with Crippen molar-refractivity contribution in [2.75, 3.05) is 5.32 Å². The van der Waals surface area contributed by atoms with E-state index in [9.17, 15) is 9.59 Å². The van der Waals surface area contributed by atoms with Gasteiger partial charge in [-0.05, 0) is 43.3 Å². The zero-order chi connectivity index (χ0) is 18.3. The molecule has 0 unspecified atom stereocenters. The number of thiophene rings is 1. The average molecular weight is 383 g/mol. The smallest absolute Gasteiger partial charge is 0.265 e. The minimum Gasteiger partial charge on any atom is -0.321 e. The molecule has 26 heavy (non-hydrogen) atoms. The van der Waals surface area contributed by atoms with E-state index in [1.807, 2.05) is 31.2 Å². The van der Waals surface area contributed by atoms with Crippen molar-refractivity contribution in [2.45, 2.75) is 13.5 Å². The molecule has 1 N–H and O–H groups in total. The van der Waals surface area contributed by atoms with E-state index in [2.05, 4.69) is 5.32 Å². The van der Waals surface area contributed by atoms with E-state index < -0.39 is 0 Å². The van der Waals surface area contributed by atoms with E-state index in [-0.39, 0.29) is 11.5 Å². The number of fused-ring (bicyclic) bond motifs is 3. The lowest BCUT2D eigenvalue weighted by Gasteiger charge is -2.08. The van der Waals surface area contributed by atoms with Gasteiger partial charge in [-0.15, -0.1) is 11.3 Å². The fourth-order valence-electron chi connectivity index (χ4n) is 3.06. The average Bonchev–Trinajstić information content (AvgIpc) is 3.10. The molecule has 0 aliphatic heterocycles. The molecule has 2 heterocycles. The monoisotopic (exact) mass is 382 g/mol. The van der Waals surface area contributed by atoms with Gasteiger partial charge in [0, 0.05) is 27.3 Å². The molecular formula is C20H15ClN2O2S. The fourth-order valence-corrected chi connectivity index (χ4v) is 4.26. The number of amides is 1. The number of carbonyl (C=O) groups excluding carboxylic acids is 1. The number of pyridine rings is 1. The first-order valence-electron chi connectivity index (χ1n) is 8.20. The predicted octanol–water partition coefficient (Wildman–Crippen LogP) is 5.14. The van der Waals surface area contributed by atoms with E-state index in [4.69, 9.17) is 11.6 Å². The van der Waals surface area contributed by atoms with Gasteiger partial charge < -0.3 is 9.88 Å². The highest BCUT2D eigenvalue weighted by Gasteiger charge is 2.16. The summed E-state index contributed by atoms with van der Waals surface area (Å²) in [5.41, 5.74) is 1.48. The Morgan fingerprint density at radius 3 is 2.58 bits per heavy atom. The van der Waals surface area contributed by atoms with Crippen LogP contribution in [0.1, 0.15) is 16.6 Å². The molecular weight excluding hydrogens is 368 g/mol. The molecule has 4 rings (SSSR count). The first kappa shape index (κ1) is 16.8. The molecule has 4 nitrogen and oxygen atoms in total. The number of nitrogens with zero attached hydrogens (tertiary/aromatic N) is 1. The van der Waals surface area contributed by atoms with E-state index in [1.54, 1.807) is 34.9 Å². The Labute approximate surface area is 158 Å². The van der Waals surface area contributed by atoms with Gasteiger partial charge in [-0.1, -0.05) is 29.8 Å². The normalized spacial score (nSPS) is 11.2. The molecule has 1 amide bonds. The number of hydrogen-bond acceptors (Lipinski definition) is 3. The second-order valence-electron chi connectivity index (χ2n) is 5.88. The number of nitrogens with one attached hydrogen (secondary N) is 1. The van der Waals surface area contributed by atoms with Gasteiger partial charge in [0.05, 0.1) is 15.8 Å². The van der Waals surface area contributed by atoms with Gasteiger partial charge >= 0.3 is 0 Å². The molecule has 4 aromatic rings. The fraction of sp³-hybridized carbons (Fsp3) is 0.100. The summed E-state index contributed by atoms with van der Waals surface area (Å²) < 4.78 is 2.59. The Morgan fingerprint density at radius 2 is 1.85 bits per heavy atom. The van der Waals surface area contributed by atoms with Crippen molar-refractivity contribution < 1.29 is 4.79 Å². The Morgan fingerprint density at radius 1 is 1.12 bits per heavy atom. The summed E-state index contributed by atoms with van der Waals surface area (Å²) in [6, 6.07) is 16.4. The maximum Gasteiger partial charge on any atom is 0.265 e. The number of anilines is 1. The first-order chi connectivity index (χ1) is 12.6. The summed E-state index contributed by atoms with van der Waals surface area (Å²) in [5.74, 6) is -0.236. The second kappa shape index (κ2) is 6.59. The van der Waals surface area contributed by atoms with E-state index in [0.29, 0.717) is 27.5 Å². The SMILES string of the molecule is CCn1c(=O)c2cc(C(=O)Nc3ccc(Cl)cc3)sc2c2ccccc21. The van der Waals surface area contributed by atoms with Crippen LogP contribution in [0.2, 0.25) is 5.02 Å². The van der Waals surface area contributed by atoms with Crippen LogP contribution in [0.25, 0.3) is 21.0 Å². The zero-order valence-electron chi connectivity index (χ0n) is 14.0. The highest BCUT2D eigenvalue weighted by molar-refractivity contribution is 7.21. The number of halogens is 1. The third-order valence-electron chi connectivity index (χ3n) is 4.29. The van der Waals surface area contributed by atoms with Crippen LogP contribution < -0.4 is 10.9 Å². The summed E-state index contributed by atoms with van der Waals surface area (Å²) in [7, 11) is 0. The number of carbonyl (C=O) groups is 1. The van der Waals surface area contributed by atoms with Gasteiger partial charge in [0.25, 0.3) is 11.5 Å². The topological polar surface area (TPSA) is 51.1 Å². The Balaban J connectivity index is 1.83. The van der Waals surface area contributed by atoms with Crippen LogP contribution >= 0.6 is 22.9 Å². The van der Waals surface area contributed by atoms with Gasteiger partial charge in [0.2, 0.25) is 0 Å². The van der Waals surface area contributed by atoms with Crippen LogP contribution in [-0.4, -0.2) is 10.5 Å². The lowest BCUT2D eigenvalue weighted by Crippen LogP contribution is -2.19. The summed E-state index contributed by atoms with van der Waals surface area (Å²) in [6.07, 6.45) is 0. The van der Waals surface area contributed by atoms with Crippen molar-refractivity contribution in [1.29, 1.82) is 0 Å². The summed E-state index contributed by atoms with van der Waals surface area (Å²) in [5, 5.41) is 5.02. The molecule has 0 saturated heterocycles. The first-order valence-corrected chi connectivity index (χ1v) is 9.40. The van der Waals surface area contributed by atoms with E-state index >= 15 is 0 Å². The number of aromatic nitrogens is 1. The Hall–Kier alpha value is -2.63. The molecule has 0 aliphatic carbocycles. The van der Waals surface area contributed by atoms with Crippen LogP contribution in [0.5, 0.6) is 0 Å². The molecule has 0 atom stereocenters. The highest BCUT2D eigenvalue weighted by Crippen LogP contribution is 2.31. The van der Waals surface area contributed by atoms with Crippen molar-refractivity contribution in [3.05, 3.63) is 74.9 Å². The van der Waals surface area contributed by atoms with E-state index in [1.165, 1.54) is 11.3 Å². The quantitative estimate of drug-likeness (QED) is 0.533. The number of benzene rings is 2. The molecule has 0 saturated carbocycles. The predicted molar refractivity (Wildman–Crippen MR) is 109 cm³/mol. The van der Waals surface area contributed by atoms with Gasteiger partial charge in [0.1, 0.15) is 0 Å². The largest absolute Gasteiger partial charge is 0.321 e. The van der Waals surface area contributed by atoms with Gasteiger partial charge in [-0.25, -0.2) is 0 Å². The minimum atomic E-state index is -0.236. The second-order valence-corrected chi connectivity index (χ2v) is 7.37. The van der Waals surface area contributed by atoms with Crippen molar-refractivity contribution in [3.8, 4) is 0 Å². The van der Waals surface area contributed by atoms with Crippen molar-refractivity contribution in [1.82, 2.24) is 4.57 Å². The highest BCUT2D eigenvalue weighted by atomic mass is 35.5. The molecule has 0 fully saturated rings. The summed E-state index contributed by atoms with van der Waals surface area (Å²) >= 11 is 7.21. The van der Waals surface area contributed by atoms with Crippen molar-refractivity contribution >= 4 is 55.5 Å². The van der Waals surface area contributed by atoms with Crippen LogP contribution in [0.4, 0.5) is 5.69 Å². The number of para-hydroxylation sites is 1. The Kier molecular flexibility index (Phi) is 4.26. The van der Waals surface area contributed by atoms with Crippen LogP contribution in [0.3, 0.4) is 0 Å². The van der Waals surface area contributed by atoms with Crippen molar-refractivity contribution in [3.63, 3.8) is 0 Å². The standard InChI is InChI=1S/C20H15ClN2O2S/c1-2-23-16-6-4-3-5-14(16)18-15(20(23)25)11-17(26-18)19(24)22-13-9-7-12(21)8-10-13/h3-11H,2H2,1H3,(H,22,24). The maximum absolute atomic E-state index is 12.8. The minimum absolute atomic E-state index is 0.0667. The third kappa shape index (κ3) is 2.79. The molecule has 0 spiro atoms. The summed E-state index contributed by atoms with van der Waals surface area (Å²) in [4.78, 5) is 26.0. The number of aryl methyl sites for hydroxylation is 1. The van der Waals surface area contributed by atoms with Crippen molar-refractivity contribution in [2.24, 2.45) is 0 Å². The summed E-state index contributed by atoms with van der Waals surface area (Å²) in [6.45, 7) is 2.53. The zero-order valence-corrected chi connectivity index (χ0v) is 15.5. The molecule has 0 bridgehead atoms. The lowest BCUT2D eigenvalue weighted by atomic mass is 10.1. The molecule has 6 heteroatoms. The third-order valence-corrected chi connectivity index (χ3v) is 5.71. The lowest BCUT2D eigenvalue weighted by molar-refractivity contribution is 0.103. The van der Waals surface area contributed by atoms with E-state index in [0.717, 1.165) is 15.6 Å². The molecule has 130 valence electrons. The Bertz CT molecular complexity index is 1190. The number of hydrogen-bond donors (Lipinski definition) is 1. The molecule has 2 aromatic carbocycles. The van der Waals surface area contributed by atoms with Crippen LogP contribution in [-0.2, 0) is 6.54 Å². The van der Waals surface area contributed by atoms with Gasteiger partial charge in [-0.3, -0.25) is 9.59 Å². The van der Waals surface area contributed by atoms with Crippen LogP contribution in [0.15, 0.2) is 59.4 Å².